The molecule has 0 bridgehead atoms. The molecule has 2 unspecified atom stereocenters. The van der Waals surface area contributed by atoms with E-state index < -0.39 is 5.97 Å². The van der Waals surface area contributed by atoms with Gasteiger partial charge in [0.1, 0.15) is 11.5 Å². The Bertz CT molecular complexity index is 3240. The molecule has 8 aromatic rings. The number of benzene rings is 8. The average Bonchev–Trinajstić information content (AvgIpc) is 3.38. The van der Waals surface area contributed by atoms with Gasteiger partial charge in [0.05, 0.1) is 12.1 Å². The van der Waals surface area contributed by atoms with Crippen molar-refractivity contribution in [2.75, 3.05) is 9.80 Å². The number of hydrogen-bond acceptors (Lipinski definition) is 6. The van der Waals surface area contributed by atoms with E-state index in [9.17, 15) is 9.59 Å². The van der Waals surface area contributed by atoms with Crippen molar-refractivity contribution < 1.29 is 19.1 Å². The van der Waals surface area contributed by atoms with Crippen LogP contribution < -0.4 is 19.3 Å². The minimum atomic E-state index is -0.449. The van der Waals surface area contributed by atoms with Crippen molar-refractivity contribution >= 4 is 57.1 Å². The van der Waals surface area contributed by atoms with Crippen LogP contribution in [0.2, 0.25) is 0 Å². The van der Waals surface area contributed by atoms with Gasteiger partial charge in [0.25, 0.3) is 0 Å². The molecule has 0 saturated heterocycles. The van der Waals surface area contributed by atoms with E-state index in [2.05, 4.69) is 198 Å². The number of nitrogens with zero attached hydrogens (tertiary/aromatic N) is 2. The van der Waals surface area contributed by atoms with Crippen LogP contribution in [0.3, 0.4) is 0 Å². The normalized spacial score (nSPS) is 14.9. The highest BCUT2D eigenvalue weighted by atomic mass is 16.5. The van der Waals surface area contributed by atoms with Gasteiger partial charge in [0.2, 0.25) is 0 Å². The SMILES string of the molecule is C=C(C)C(=O)Oc1ccc2cc(N(c3ccc(-c4ccc(N(c5ccc(-c6ccccc6)cc5)C5C=CC(c6ccccc6)=CC5)cc4)cc3)C3C=Cc4cc(OC(C)=O)ccc4C3)ccc2c1. The molecule has 0 heterocycles. The van der Waals surface area contributed by atoms with Crippen LogP contribution in [-0.4, -0.2) is 24.0 Å². The lowest BCUT2D eigenvalue weighted by molar-refractivity contribution is -0.132. The van der Waals surface area contributed by atoms with Crippen LogP contribution >= 0.6 is 0 Å². The molecule has 2 aliphatic carbocycles. The van der Waals surface area contributed by atoms with Gasteiger partial charge in [-0.2, -0.15) is 0 Å². The molecule has 0 radical (unpaired) electrons. The third-order valence-corrected chi connectivity index (χ3v) is 12.7. The maximum absolute atomic E-state index is 12.3. The number of carbonyl (C=O) groups excluding carboxylic acids is 2. The van der Waals surface area contributed by atoms with E-state index in [0.29, 0.717) is 17.1 Å². The van der Waals surface area contributed by atoms with Gasteiger partial charge in [-0.05, 0) is 148 Å². The maximum atomic E-state index is 12.3. The van der Waals surface area contributed by atoms with Crippen LogP contribution in [0.4, 0.5) is 22.7 Å². The van der Waals surface area contributed by atoms with E-state index in [1.807, 2.05) is 36.4 Å². The van der Waals surface area contributed by atoms with Crippen molar-refractivity contribution in [1.29, 1.82) is 0 Å². The lowest BCUT2D eigenvalue weighted by Crippen LogP contribution is -2.33. The fraction of sp³-hybridized carbons (Fsp3) is 0.0968. The molecule has 6 heteroatoms. The van der Waals surface area contributed by atoms with E-state index in [1.165, 1.54) is 29.2 Å². The summed E-state index contributed by atoms with van der Waals surface area (Å²) >= 11 is 0. The molecule has 0 fully saturated rings. The quantitative estimate of drug-likeness (QED) is 0.0692. The molecular weight excluding hydrogens is 837 g/mol. The highest BCUT2D eigenvalue weighted by Gasteiger charge is 2.25. The van der Waals surface area contributed by atoms with Crippen molar-refractivity contribution in [3.8, 4) is 33.8 Å². The third-order valence-electron chi connectivity index (χ3n) is 12.7. The molecule has 0 spiro atoms. The summed E-state index contributed by atoms with van der Waals surface area (Å²) in [4.78, 5) is 28.8. The summed E-state index contributed by atoms with van der Waals surface area (Å²) in [5.41, 5.74) is 14.0. The number of allylic oxidation sites excluding steroid dienone is 2. The molecule has 2 atom stereocenters. The second-order valence-corrected chi connectivity index (χ2v) is 17.4. The van der Waals surface area contributed by atoms with Crippen LogP contribution in [-0.2, 0) is 16.0 Å². The van der Waals surface area contributed by atoms with Crippen LogP contribution in [0.5, 0.6) is 11.5 Å². The predicted molar refractivity (Wildman–Crippen MR) is 279 cm³/mol. The van der Waals surface area contributed by atoms with Gasteiger partial charge in [0.15, 0.2) is 0 Å². The first-order chi connectivity index (χ1) is 33.2. The van der Waals surface area contributed by atoms with Gasteiger partial charge in [-0.15, -0.1) is 0 Å². The number of ether oxygens (including phenoxy) is 2. The number of hydrogen-bond donors (Lipinski definition) is 0. The van der Waals surface area contributed by atoms with Gasteiger partial charge >= 0.3 is 11.9 Å². The predicted octanol–water partition coefficient (Wildman–Crippen LogP) is 14.9. The van der Waals surface area contributed by atoms with Crippen LogP contribution in [0.1, 0.15) is 37.0 Å². The number of rotatable bonds is 12. The zero-order valence-electron chi connectivity index (χ0n) is 38.1. The summed E-state index contributed by atoms with van der Waals surface area (Å²) < 4.78 is 10.9. The molecule has 0 aliphatic heterocycles. The number of anilines is 4. The van der Waals surface area contributed by atoms with E-state index in [4.69, 9.17) is 9.47 Å². The Morgan fingerprint density at radius 1 is 0.500 bits per heavy atom. The molecule has 10 rings (SSSR count). The second kappa shape index (κ2) is 19.2. The van der Waals surface area contributed by atoms with Crippen molar-refractivity contribution in [3.05, 3.63) is 241 Å². The van der Waals surface area contributed by atoms with Crippen molar-refractivity contribution in [3.63, 3.8) is 0 Å². The first kappa shape index (κ1) is 43.4. The lowest BCUT2D eigenvalue weighted by Gasteiger charge is -2.35. The Labute approximate surface area is 398 Å². The Morgan fingerprint density at radius 2 is 1.00 bits per heavy atom. The highest BCUT2D eigenvalue weighted by Crippen LogP contribution is 2.39. The number of esters is 2. The Kier molecular flexibility index (Phi) is 12.2. The summed E-state index contributed by atoms with van der Waals surface area (Å²) in [5.74, 6) is 0.220. The minimum Gasteiger partial charge on any atom is -0.427 e. The summed E-state index contributed by atoms with van der Waals surface area (Å²) in [6, 6.07) is 65.7. The minimum absolute atomic E-state index is 0.0133. The lowest BCUT2D eigenvalue weighted by atomic mass is 9.92. The number of carbonyl (C=O) groups is 2. The highest BCUT2D eigenvalue weighted by molar-refractivity contribution is 5.92. The fourth-order valence-electron chi connectivity index (χ4n) is 9.23. The van der Waals surface area contributed by atoms with Gasteiger partial charge in [-0.3, -0.25) is 4.79 Å². The van der Waals surface area contributed by atoms with Crippen molar-refractivity contribution in [2.24, 2.45) is 0 Å². The molecular formula is C62H50N2O4. The van der Waals surface area contributed by atoms with Crippen LogP contribution in [0.15, 0.2) is 225 Å². The molecule has 0 saturated carbocycles. The molecule has 0 N–H and O–H groups in total. The molecule has 0 aromatic heterocycles. The molecule has 2 aliphatic rings. The summed E-state index contributed by atoms with van der Waals surface area (Å²) in [6.45, 7) is 6.77. The molecule has 332 valence electrons. The maximum Gasteiger partial charge on any atom is 0.338 e. The standard InChI is InChI=1S/C62H50N2O4/c1-42(2)62(66)68-61-37-25-51-39-59(35-23-53(51)41-61)64(58-34-22-52-40-60(67-43(3)65)36-24-50(52)38-58)57-32-20-49(21-33-57)48-18-30-56(31-19-48)63(54-26-14-46(15-27-54)44-10-6-4-7-11-44)55-28-16-47(17-29-55)45-12-8-5-9-13-45/h4-28,30-37,39-41,55,58H,1,29,38H2,2-3H3. The van der Waals surface area contributed by atoms with E-state index in [0.717, 1.165) is 68.6 Å². The Hall–Kier alpha value is -8.48. The zero-order chi connectivity index (χ0) is 46.6. The first-order valence-corrected chi connectivity index (χ1v) is 23.0. The third kappa shape index (κ3) is 9.44. The molecule has 8 aromatic carbocycles. The topological polar surface area (TPSA) is 59.1 Å². The van der Waals surface area contributed by atoms with Crippen molar-refractivity contribution in [1.82, 2.24) is 0 Å². The number of fused-ring (bicyclic) bond motifs is 2. The van der Waals surface area contributed by atoms with Crippen LogP contribution in [0, 0.1) is 0 Å². The molecule has 68 heavy (non-hydrogen) atoms. The van der Waals surface area contributed by atoms with E-state index >= 15 is 0 Å². The second-order valence-electron chi connectivity index (χ2n) is 17.4. The smallest absolute Gasteiger partial charge is 0.338 e. The molecule has 0 amide bonds. The first-order valence-electron chi connectivity index (χ1n) is 23.0. The van der Waals surface area contributed by atoms with E-state index in [-0.39, 0.29) is 18.1 Å². The van der Waals surface area contributed by atoms with Gasteiger partial charge in [-0.25, -0.2) is 4.79 Å². The molecule has 6 nitrogen and oxygen atoms in total. The monoisotopic (exact) mass is 886 g/mol. The van der Waals surface area contributed by atoms with Gasteiger partial charge < -0.3 is 19.3 Å². The van der Waals surface area contributed by atoms with E-state index in [1.54, 1.807) is 6.92 Å². The van der Waals surface area contributed by atoms with Gasteiger partial charge in [0, 0.05) is 35.2 Å². The van der Waals surface area contributed by atoms with Crippen LogP contribution in [0.25, 0.3) is 44.7 Å². The zero-order valence-corrected chi connectivity index (χ0v) is 38.1. The Morgan fingerprint density at radius 3 is 1.57 bits per heavy atom. The Balaban J connectivity index is 0.949. The summed E-state index contributed by atoms with van der Waals surface area (Å²) in [7, 11) is 0. The van der Waals surface area contributed by atoms with Crippen molar-refractivity contribution in [2.45, 2.75) is 38.8 Å². The summed E-state index contributed by atoms with van der Waals surface area (Å²) in [5, 5.41) is 1.97. The van der Waals surface area contributed by atoms with Gasteiger partial charge in [-0.1, -0.05) is 152 Å². The summed E-state index contributed by atoms with van der Waals surface area (Å²) in [6.07, 6.45) is 12.9. The largest absolute Gasteiger partial charge is 0.427 e. The average molecular weight is 887 g/mol. The fourth-order valence-corrected chi connectivity index (χ4v) is 9.23.